The predicted molar refractivity (Wildman–Crippen MR) is 102 cm³/mol. The number of carbonyl (C=O) groups is 1. The van der Waals surface area contributed by atoms with Gasteiger partial charge in [-0.2, -0.15) is 0 Å². The fraction of sp³-hybridized carbons (Fsp3) is 0.316. The van der Waals surface area contributed by atoms with Crippen molar-refractivity contribution in [3.05, 3.63) is 60.2 Å². The molecule has 1 fully saturated rings. The summed E-state index contributed by atoms with van der Waals surface area (Å²) in [5.41, 5.74) is 0.677. The number of carbonyl (C=O) groups excluding carboxylic acids is 1. The Labute approximate surface area is 154 Å². The minimum atomic E-state index is -3.74. The maximum absolute atomic E-state index is 12.9. The van der Waals surface area contributed by atoms with Crippen molar-refractivity contribution in [3.8, 4) is 0 Å². The molecule has 6 nitrogen and oxygen atoms in total. The Kier molecular flexibility index (Phi) is 5.58. The Balaban J connectivity index is 1.82. The minimum absolute atomic E-state index is 0.146. The van der Waals surface area contributed by atoms with Crippen LogP contribution in [0, 0.1) is 0 Å². The lowest BCUT2D eigenvalue weighted by Crippen LogP contribution is -2.48. The van der Waals surface area contributed by atoms with Crippen LogP contribution in [0.1, 0.15) is 17.3 Å². The molecule has 0 saturated carbocycles. The molecule has 1 aliphatic rings. The highest BCUT2D eigenvalue weighted by Crippen LogP contribution is 2.22. The molecular formula is C19H23N3O3S. The molecule has 0 bridgehead atoms. The number of para-hydroxylation sites is 1. The lowest BCUT2D eigenvalue weighted by atomic mass is 10.1. The summed E-state index contributed by atoms with van der Waals surface area (Å²) in [5.74, 6) is -0.146. The lowest BCUT2D eigenvalue weighted by molar-refractivity contribution is 0.0644. The third-order valence-corrected chi connectivity index (χ3v) is 5.94. The molecule has 138 valence electrons. The van der Waals surface area contributed by atoms with Crippen molar-refractivity contribution in [1.82, 2.24) is 9.80 Å². The molecule has 1 aliphatic heterocycles. The van der Waals surface area contributed by atoms with Gasteiger partial charge in [-0.15, -0.1) is 0 Å². The topological polar surface area (TPSA) is 69.7 Å². The van der Waals surface area contributed by atoms with Gasteiger partial charge in [0.25, 0.3) is 15.9 Å². The Hall–Kier alpha value is -2.38. The molecule has 0 unspecified atom stereocenters. The van der Waals surface area contributed by atoms with Gasteiger partial charge in [0, 0.05) is 26.2 Å². The zero-order valence-corrected chi connectivity index (χ0v) is 15.6. The van der Waals surface area contributed by atoms with Crippen molar-refractivity contribution in [2.45, 2.75) is 11.8 Å². The van der Waals surface area contributed by atoms with E-state index in [0.29, 0.717) is 24.3 Å². The number of hydrogen-bond donors (Lipinski definition) is 1. The van der Waals surface area contributed by atoms with Gasteiger partial charge < -0.3 is 9.80 Å². The van der Waals surface area contributed by atoms with E-state index in [4.69, 9.17) is 0 Å². The van der Waals surface area contributed by atoms with Crippen molar-refractivity contribution in [2.24, 2.45) is 0 Å². The van der Waals surface area contributed by atoms with Gasteiger partial charge in [-0.25, -0.2) is 8.42 Å². The summed E-state index contributed by atoms with van der Waals surface area (Å²) >= 11 is 0. The Morgan fingerprint density at radius 3 is 2.23 bits per heavy atom. The number of hydrogen-bond acceptors (Lipinski definition) is 4. The van der Waals surface area contributed by atoms with E-state index in [1.54, 1.807) is 47.4 Å². The number of rotatable bonds is 5. The molecule has 3 rings (SSSR count). The summed E-state index contributed by atoms with van der Waals surface area (Å²) in [5, 5.41) is 0. The van der Waals surface area contributed by atoms with Crippen molar-refractivity contribution in [2.75, 3.05) is 37.4 Å². The van der Waals surface area contributed by atoms with Crippen molar-refractivity contribution in [1.29, 1.82) is 0 Å². The fourth-order valence-electron chi connectivity index (χ4n) is 3.00. The number of anilines is 1. The van der Waals surface area contributed by atoms with E-state index in [1.165, 1.54) is 12.1 Å². The van der Waals surface area contributed by atoms with E-state index in [0.717, 1.165) is 19.6 Å². The van der Waals surface area contributed by atoms with Crippen LogP contribution in [0.3, 0.4) is 0 Å². The molecule has 0 spiro atoms. The van der Waals surface area contributed by atoms with E-state index >= 15 is 0 Å². The Bertz CT molecular complexity index is 861. The van der Waals surface area contributed by atoms with Gasteiger partial charge in [0.15, 0.2) is 0 Å². The molecule has 7 heteroatoms. The van der Waals surface area contributed by atoms with Gasteiger partial charge in [-0.1, -0.05) is 37.3 Å². The molecule has 0 aromatic heterocycles. The van der Waals surface area contributed by atoms with Crippen LogP contribution in [0.15, 0.2) is 59.5 Å². The van der Waals surface area contributed by atoms with Gasteiger partial charge in [-0.3, -0.25) is 9.52 Å². The maximum atomic E-state index is 12.9. The van der Waals surface area contributed by atoms with Gasteiger partial charge >= 0.3 is 0 Å². The molecule has 0 radical (unpaired) electrons. The molecule has 2 aromatic carbocycles. The Morgan fingerprint density at radius 1 is 0.962 bits per heavy atom. The highest BCUT2D eigenvalue weighted by molar-refractivity contribution is 7.92. The van der Waals surface area contributed by atoms with Crippen molar-refractivity contribution in [3.63, 3.8) is 0 Å². The van der Waals surface area contributed by atoms with E-state index < -0.39 is 10.0 Å². The van der Waals surface area contributed by atoms with E-state index in [2.05, 4.69) is 16.5 Å². The molecule has 2 aromatic rings. The smallest absolute Gasteiger partial charge is 0.261 e. The van der Waals surface area contributed by atoms with Crippen LogP contribution >= 0.6 is 0 Å². The third-order valence-electron chi connectivity index (χ3n) is 4.56. The number of nitrogens with zero attached hydrogens (tertiary/aromatic N) is 2. The van der Waals surface area contributed by atoms with E-state index in [9.17, 15) is 13.2 Å². The SMILES string of the molecule is CCN1CCN(C(=O)c2ccccc2NS(=O)(=O)c2ccccc2)CC1. The minimum Gasteiger partial charge on any atom is -0.336 e. The molecule has 1 saturated heterocycles. The summed E-state index contributed by atoms with van der Waals surface area (Å²) in [7, 11) is -3.74. The Morgan fingerprint density at radius 2 is 1.58 bits per heavy atom. The van der Waals surface area contributed by atoms with Crippen LogP contribution in [-0.2, 0) is 10.0 Å². The molecule has 1 amide bonds. The normalized spacial score (nSPS) is 15.7. The summed E-state index contributed by atoms with van der Waals surface area (Å²) in [6, 6.07) is 14.9. The molecule has 0 atom stereocenters. The first-order chi connectivity index (χ1) is 12.5. The largest absolute Gasteiger partial charge is 0.336 e. The van der Waals surface area contributed by atoms with Gasteiger partial charge in [0.05, 0.1) is 16.1 Å². The second-order valence-electron chi connectivity index (χ2n) is 6.19. The fourth-order valence-corrected chi connectivity index (χ4v) is 4.10. The summed E-state index contributed by atoms with van der Waals surface area (Å²) in [6.45, 7) is 6.03. The highest BCUT2D eigenvalue weighted by Gasteiger charge is 2.24. The molecule has 0 aliphatic carbocycles. The second-order valence-corrected chi connectivity index (χ2v) is 7.87. The summed E-state index contributed by atoms with van der Waals surface area (Å²) in [4.78, 5) is 17.1. The van der Waals surface area contributed by atoms with Crippen molar-refractivity contribution >= 4 is 21.6 Å². The summed E-state index contributed by atoms with van der Waals surface area (Å²) < 4.78 is 27.7. The number of likely N-dealkylation sites (N-methyl/N-ethyl adjacent to an activating group) is 1. The average Bonchev–Trinajstić information content (AvgIpc) is 2.68. The zero-order valence-electron chi connectivity index (χ0n) is 14.8. The molecule has 1 N–H and O–H groups in total. The first-order valence-corrected chi connectivity index (χ1v) is 10.2. The summed E-state index contributed by atoms with van der Waals surface area (Å²) in [6.07, 6.45) is 0. The van der Waals surface area contributed by atoms with E-state index in [1.807, 2.05) is 0 Å². The van der Waals surface area contributed by atoms with Gasteiger partial charge in [-0.05, 0) is 30.8 Å². The van der Waals surface area contributed by atoms with Gasteiger partial charge in [0.1, 0.15) is 0 Å². The van der Waals surface area contributed by atoms with Crippen molar-refractivity contribution < 1.29 is 13.2 Å². The lowest BCUT2D eigenvalue weighted by Gasteiger charge is -2.34. The second kappa shape index (κ2) is 7.88. The number of nitrogens with one attached hydrogen (secondary N) is 1. The molecule has 26 heavy (non-hydrogen) atoms. The number of amides is 1. The van der Waals surface area contributed by atoms with E-state index in [-0.39, 0.29) is 10.8 Å². The van der Waals surface area contributed by atoms with Crippen LogP contribution < -0.4 is 4.72 Å². The third kappa shape index (κ3) is 4.05. The molecule has 1 heterocycles. The number of benzene rings is 2. The molecular weight excluding hydrogens is 350 g/mol. The average molecular weight is 373 g/mol. The monoisotopic (exact) mass is 373 g/mol. The number of piperazine rings is 1. The van der Waals surface area contributed by atoms with Crippen LogP contribution in [-0.4, -0.2) is 56.8 Å². The zero-order chi connectivity index (χ0) is 18.6. The van der Waals surface area contributed by atoms with Crippen LogP contribution in [0.25, 0.3) is 0 Å². The highest BCUT2D eigenvalue weighted by atomic mass is 32.2. The van der Waals surface area contributed by atoms with Crippen LogP contribution in [0.2, 0.25) is 0 Å². The maximum Gasteiger partial charge on any atom is 0.261 e. The predicted octanol–water partition coefficient (Wildman–Crippen LogP) is 2.27. The number of sulfonamides is 1. The van der Waals surface area contributed by atoms with Crippen LogP contribution in [0.4, 0.5) is 5.69 Å². The first-order valence-electron chi connectivity index (χ1n) is 8.70. The standard InChI is InChI=1S/C19H23N3O3S/c1-2-21-12-14-22(15-13-21)19(23)17-10-6-7-11-18(17)20-26(24,25)16-8-4-3-5-9-16/h3-11,20H,2,12-15H2,1H3. The quantitative estimate of drug-likeness (QED) is 0.873. The van der Waals surface area contributed by atoms with Crippen LogP contribution in [0.5, 0.6) is 0 Å². The van der Waals surface area contributed by atoms with Gasteiger partial charge in [0.2, 0.25) is 0 Å². The first kappa shape index (κ1) is 18.4.